The molecule has 0 atom stereocenters. The van der Waals surface area contributed by atoms with Gasteiger partial charge in [-0.25, -0.2) is 9.97 Å². The van der Waals surface area contributed by atoms with E-state index in [4.69, 9.17) is 4.98 Å². The standard InChI is InChI=1S/C23H28N6OS/c1-16-17(2)31-23(26-16)28-21-8-5-7-20(27-21)18-9-12-29(13-10-18)15-22(30)25-14-19-6-3-4-11-24-19/h3-8,11,18H,9-10,12-15H2,1-2H3,(H,25,30)(H,26,27,28). The Labute approximate surface area is 187 Å². The highest BCUT2D eigenvalue weighted by Gasteiger charge is 2.23. The van der Waals surface area contributed by atoms with Crippen molar-refractivity contribution in [3.63, 3.8) is 0 Å². The van der Waals surface area contributed by atoms with Crippen molar-refractivity contribution in [1.82, 2.24) is 25.2 Å². The van der Waals surface area contributed by atoms with Gasteiger partial charge in [-0.1, -0.05) is 12.1 Å². The van der Waals surface area contributed by atoms with Crippen LogP contribution in [0.4, 0.5) is 10.9 Å². The number of aromatic nitrogens is 3. The molecule has 3 aromatic heterocycles. The lowest BCUT2D eigenvalue weighted by atomic mass is 9.93. The molecule has 1 aliphatic rings. The minimum Gasteiger partial charge on any atom is -0.349 e. The van der Waals surface area contributed by atoms with Crippen LogP contribution in [-0.2, 0) is 11.3 Å². The van der Waals surface area contributed by atoms with Gasteiger partial charge in [0, 0.05) is 22.7 Å². The first-order chi connectivity index (χ1) is 15.1. The number of rotatable bonds is 7. The number of pyridine rings is 2. The Morgan fingerprint density at radius 1 is 1.13 bits per heavy atom. The van der Waals surface area contributed by atoms with Crippen molar-refractivity contribution in [2.45, 2.75) is 39.2 Å². The second-order valence-electron chi connectivity index (χ2n) is 7.88. The van der Waals surface area contributed by atoms with Crippen LogP contribution in [0.15, 0.2) is 42.6 Å². The molecule has 0 spiro atoms. The summed E-state index contributed by atoms with van der Waals surface area (Å²) in [5.74, 6) is 1.29. The number of amides is 1. The number of hydrogen-bond acceptors (Lipinski definition) is 7. The number of aryl methyl sites for hydroxylation is 2. The van der Waals surface area contributed by atoms with E-state index < -0.39 is 0 Å². The molecule has 162 valence electrons. The van der Waals surface area contributed by atoms with Crippen LogP contribution in [0.2, 0.25) is 0 Å². The van der Waals surface area contributed by atoms with Crippen molar-refractivity contribution in [3.05, 3.63) is 64.6 Å². The zero-order valence-corrected chi connectivity index (χ0v) is 18.8. The predicted octanol–water partition coefficient (Wildman–Crippen LogP) is 3.79. The number of anilines is 2. The van der Waals surface area contributed by atoms with E-state index in [1.54, 1.807) is 17.5 Å². The van der Waals surface area contributed by atoms with Crippen LogP contribution < -0.4 is 10.6 Å². The zero-order valence-electron chi connectivity index (χ0n) is 18.0. The molecular weight excluding hydrogens is 408 g/mol. The quantitative estimate of drug-likeness (QED) is 0.586. The van der Waals surface area contributed by atoms with Crippen LogP contribution in [0.3, 0.4) is 0 Å². The van der Waals surface area contributed by atoms with E-state index in [1.165, 1.54) is 4.88 Å². The molecule has 1 aliphatic heterocycles. The maximum atomic E-state index is 12.3. The van der Waals surface area contributed by atoms with Crippen LogP contribution in [0.5, 0.6) is 0 Å². The fraction of sp³-hybridized carbons (Fsp3) is 0.391. The van der Waals surface area contributed by atoms with Crippen LogP contribution in [0, 0.1) is 13.8 Å². The first kappa shape index (κ1) is 21.4. The third kappa shape index (κ3) is 5.86. The number of thiazole rings is 1. The molecule has 3 aromatic rings. The second kappa shape index (κ2) is 9.98. The van der Waals surface area contributed by atoms with Gasteiger partial charge in [0.05, 0.1) is 24.5 Å². The summed E-state index contributed by atoms with van der Waals surface area (Å²) in [6, 6.07) is 11.8. The molecule has 0 radical (unpaired) electrons. The van der Waals surface area contributed by atoms with Crippen molar-refractivity contribution >= 4 is 28.2 Å². The highest BCUT2D eigenvalue weighted by Crippen LogP contribution is 2.29. The fourth-order valence-corrected chi connectivity index (χ4v) is 4.54. The molecule has 2 N–H and O–H groups in total. The van der Waals surface area contributed by atoms with Crippen LogP contribution in [0.25, 0.3) is 0 Å². The summed E-state index contributed by atoms with van der Waals surface area (Å²) in [5.41, 5.74) is 3.03. The normalized spacial score (nSPS) is 15.0. The lowest BCUT2D eigenvalue weighted by molar-refractivity contribution is -0.122. The number of carbonyl (C=O) groups is 1. The fourth-order valence-electron chi connectivity index (χ4n) is 3.72. The van der Waals surface area contributed by atoms with Gasteiger partial charge in [-0.2, -0.15) is 0 Å². The highest BCUT2D eigenvalue weighted by molar-refractivity contribution is 7.15. The maximum Gasteiger partial charge on any atom is 0.234 e. The van der Waals surface area contributed by atoms with Crippen LogP contribution in [-0.4, -0.2) is 45.4 Å². The summed E-state index contributed by atoms with van der Waals surface area (Å²) in [7, 11) is 0. The molecule has 4 rings (SSSR count). The predicted molar refractivity (Wildman–Crippen MR) is 124 cm³/mol. The lowest BCUT2D eigenvalue weighted by Crippen LogP contribution is -2.41. The molecule has 0 aromatic carbocycles. The molecule has 0 unspecified atom stereocenters. The smallest absolute Gasteiger partial charge is 0.234 e. The van der Waals surface area contributed by atoms with Crippen molar-refractivity contribution in [2.24, 2.45) is 0 Å². The van der Waals surface area contributed by atoms with E-state index in [-0.39, 0.29) is 5.91 Å². The SMILES string of the molecule is Cc1nc(Nc2cccc(C3CCN(CC(=O)NCc4ccccn4)CC3)n2)sc1C. The summed E-state index contributed by atoms with van der Waals surface area (Å²) in [4.78, 5) is 29.3. The molecule has 0 saturated carbocycles. The molecule has 31 heavy (non-hydrogen) atoms. The van der Waals surface area contributed by atoms with Crippen molar-refractivity contribution < 1.29 is 4.79 Å². The molecule has 1 fully saturated rings. The van der Waals surface area contributed by atoms with Gasteiger partial charge in [-0.15, -0.1) is 11.3 Å². The Balaban J connectivity index is 1.26. The van der Waals surface area contributed by atoms with Crippen molar-refractivity contribution in [1.29, 1.82) is 0 Å². The third-order valence-electron chi connectivity index (χ3n) is 5.60. The van der Waals surface area contributed by atoms with E-state index >= 15 is 0 Å². The number of hydrogen-bond donors (Lipinski definition) is 2. The summed E-state index contributed by atoms with van der Waals surface area (Å²) in [6.45, 7) is 6.79. The molecule has 1 saturated heterocycles. The van der Waals surface area contributed by atoms with Gasteiger partial charge < -0.3 is 10.6 Å². The van der Waals surface area contributed by atoms with Gasteiger partial charge in [-0.05, 0) is 64.0 Å². The molecule has 1 amide bonds. The van der Waals surface area contributed by atoms with Gasteiger partial charge in [0.15, 0.2) is 5.13 Å². The first-order valence-electron chi connectivity index (χ1n) is 10.6. The van der Waals surface area contributed by atoms with Gasteiger partial charge >= 0.3 is 0 Å². The molecule has 4 heterocycles. The first-order valence-corrected chi connectivity index (χ1v) is 11.5. The van der Waals surface area contributed by atoms with Crippen molar-refractivity contribution in [3.8, 4) is 0 Å². The number of likely N-dealkylation sites (tertiary alicyclic amines) is 1. The third-order valence-corrected chi connectivity index (χ3v) is 6.59. The van der Waals surface area contributed by atoms with Gasteiger partial charge in [-0.3, -0.25) is 14.7 Å². The minimum absolute atomic E-state index is 0.0439. The van der Waals surface area contributed by atoms with E-state index in [2.05, 4.69) is 44.6 Å². The summed E-state index contributed by atoms with van der Waals surface area (Å²) in [5, 5.41) is 7.17. The monoisotopic (exact) mass is 436 g/mol. The second-order valence-corrected chi connectivity index (χ2v) is 9.08. The van der Waals surface area contributed by atoms with Crippen LogP contribution >= 0.6 is 11.3 Å². The molecule has 8 heteroatoms. The Kier molecular flexibility index (Phi) is 6.89. The average Bonchev–Trinajstić information content (AvgIpc) is 3.10. The zero-order chi connectivity index (χ0) is 21.6. The highest BCUT2D eigenvalue weighted by atomic mass is 32.1. The lowest BCUT2D eigenvalue weighted by Gasteiger charge is -2.31. The van der Waals surface area contributed by atoms with E-state index in [9.17, 15) is 4.79 Å². The number of carbonyl (C=O) groups excluding carboxylic acids is 1. The van der Waals surface area contributed by atoms with Gasteiger partial charge in [0.2, 0.25) is 5.91 Å². The Bertz CT molecular complexity index is 994. The largest absolute Gasteiger partial charge is 0.349 e. The molecule has 0 bridgehead atoms. The Hall–Kier alpha value is -2.84. The maximum absolute atomic E-state index is 12.3. The number of nitrogens with zero attached hydrogens (tertiary/aromatic N) is 4. The molecule has 7 nitrogen and oxygen atoms in total. The van der Waals surface area contributed by atoms with Gasteiger partial charge in [0.25, 0.3) is 0 Å². The average molecular weight is 437 g/mol. The summed E-state index contributed by atoms with van der Waals surface area (Å²) < 4.78 is 0. The summed E-state index contributed by atoms with van der Waals surface area (Å²) >= 11 is 1.65. The van der Waals surface area contributed by atoms with E-state index in [1.807, 2.05) is 31.2 Å². The van der Waals surface area contributed by atoms with Crippen molar-refractivity contribution in [2.75, 3.05) is 25.0 Å². The van der Waals surface area contributed by atoms with E-state index in [0.29, 0.717) is 19.0 Å². The van der Waals surface area contributed by atoms with Gasteiger partial charge in [0.1, 0.15) is 5.82 Å². The van der Waals surface area contributed by atoms with E-state index in [0.717, 1.165) is 54.0 Å². The topological polar surface area (TPSA) is 83.0 Å². The Morgan fingerprint density at radius 2 is 1.97 bits per heavy atom. The molecule has 0 aliphatic carbocycles. The number of nitrogens with one attached hydrogen (secondary N) is 2. The minimum atomic E-state index is 0.0439. The summed E-state index contributed by atoms with van der Waals surface area (Å²) in [6.07, 6.45) is 3.74. The number of piperidine rings is 1. The molecular formula is C23H28N6OS. The Morgan fingerprint density at radius 3 is 2.68 bits per heavy atom. The van der Waals surface area contributed by atoms with Crippen LogP contribution in [0.1, 0.15) is 40.7 Å².